The number of nitrogens with one attached hydrogen (secondary N) is 1. The van der Waals surface area contributed by atoms with E-state index in [2.05, 4.69) is 5.32 Å². The molecule has 0 unspecified atom stereocenters. The molecule has 0 bridgehead atoms. The lowest BCUT2D eigenvalue weighted by atomic mass is 10.2. The van der Waals surface area contributed by atoms with E-state index in [-0.39, 0.29) is 5.91 Å². The average molecular weight is 286 g/mol. The Kier molecular flexibility index (Phi) is 4.66. The number of amides is 1. The molecule has 5 nitrogen and oxygen atoms in total. The summed E-state index contributed by atoms with van der Waals surface area (Å²) in [6.45, 7) is 1.68. The first kappa shape index (κ1) is 14.7. The first-order valence-corrected chi connectivity index (χ1v) is 6.56. The Morgan fingerprint density at radius 1 is 1.10 bits per heavy atom. The highest BCUT2D eigenvalue weighted by atomic mass is 16.5. The van der Waals surface area contributed by atoms with E-state index < -0.39 is 6.10 Å². The van der Waals surface area contributed by atoms with Crippen molar-refractivity contribution in [1.29, 1.82) is 0 Å². The van der Waals surface area contributed by atoms with Gasteiger partial charge in [-0.1, -0.05) is 12.1 Å². The van der Waals surface area contributed by atoms with Gasteiger partial charge in [0, 0.05) is 11.4 Å². The molecule has 1 atom stereocenters. The van der Waals surface area contributed by atoms with Crippen LogP contribution in [0.25, 0.3) is 0 Å². The zero-order valence-corrected chi connectivity index (χ0v) is 12.0. The van der Waals surface area contributed by atoms with E-state index in [0.717, 1.165) is 0 Å². The predicted molar refractivity (Wildman–Crippen MR) is 82.6 cm³/mol. The van der Waals surface area contributed by atoms with Crippen LogP contribution in [0.1, 0.15) is 6.92 Å². The Balaban J connectivity index is 2.01. The molecule has 0 heterocycles. The summed E-state index contributed by atoms with van der Waals surface area (Å²) in [5.41, 5.74) is 6.92. The standard InChI is InChI=1S/C16H18N2O3/c1-11(21-15-6-4-3-5-14(15)20-2)16(19)18-13-9-7-12(17)8-10-13/h3-11H,17H2,1-2H3,(H,18,19)/t11-/m0/s1. The van der Waals surface area contributed by atoms with E-state index in [1.165, 1.54) is 0 Å². The molecule has 0 aliphatic carbocycles. The predicted octanol–water partition coefficient (Wildman–Crippen LogP) is 2.68. The third-order valence-corrected chi connectivity index (χ3v) is 2.92. The second kappa shape index (κ2) is 6.65. The highest BCUT2D eigenvalue weighted by Crippen LogP contribution is 2.27. The lowest BCUT2D eigenvalue weighted by Crippen LogP contribution is -2.30. The van der Waals surface area contributed by atoms with Crippen LogP contribution in [0, 0.1) is 0 Å². The van der Waals surface area contributed by atoms with Crippen molar-refractivity contribution in [3.05, 3.63) is 48.5 Å². The molecule has 2 rings (SSSR count). The fourth-order valence-electron chi connectivity index (χ4n) is 1.77. The van der Waals surface area contributed by atoms with Crippen molar-refractivity contribution in [2.24, 2.45) is 0 Å². The van der Waals surface area contributed by atoms with Crippen LogP contribution in [-0.2, 0) is 4.79 Å². The SMILES string of the molecule is COc1ccccc1O[C@@H](C)C(=O)Nc1ccc(N)cc1. The van der Waals surface area contributed by atoms with Crippen LogP contribution in [0.4, 0.5) is 11.4 Å². The number of anilines is 2. The third kappa shape index (κ3) is 3.89. The summed E-state index contributed by atoms with van der Waals surface area (Å²) in [4.78, 5) is 12.1. The number of rotatable bonds is 5. The van der Waals surface area contributed by atoms with Gasteiger partial charge in [-0.2, -0.15) is 0 Å². The fraction of sp³-hybridized carbons (Fsp3) is 0.188. The molecule has 5 heteroatoms. The van der Waals surface area contributed by atoms with E-state index in [0.29, 0.717) is 22.9 Å². The van der Waals surface area contributed by atoms with Crippen LogP contribution in [0.15, 0.2) is 48.5 Å². The van der Waals surface area contributed by atoms with Crippen LogP contribution in [0.3, 0.4) is 0 Å². The summed E-state index contributed by atoms with van der Waals surface area (Å²) >= 11 is 0. The second-order valence-electron chi connectivity index (χ2n) is 4.52. The van der Waals surface area contributed by atoms with Crippen molar-refractivity contribution in [3.63, 3.8) is 0 Å². The summed E-state index contributed by atoms with van der Waals surface area (Å²) in [5, 5.41) is 2.77. The van der Waals surface area contributed by atoms with Gasteiger partial charge in [-0.25, -0.2) is 0 Å². The van der Waals surface area contributed by atoms with E-state index in [1.54, 1.807) is 50.4 Å². The van der Waals surface area contributed by atoms with Crippen LogP contribution in [0.2, 0.25) is 0 Å². The smallest absolute Gasteiger partial charge is 0.265 e. The van der Waals surface area contributed by atoms with Crippen LogP contribution in [-0.4, -0.2) is 19.1 Å². The molecule has 0 aromatic heterocycles. The van der Waals surface area contributed by atoms with E-state index in [1.807, 2.05) is 12.1 Å². The van der Waals surface area contributed by atoms with Gasteiger partial charge in [0.1, 0.15) is 0 Å². The van der Waals surface area contributed by atoms with Gasteiger partial charge in [0.05, 0.1) is 7.11 Å². The van der Waals surface area contributed by atoms with Crippen LogP contribution >= 0.6 is 0 Å². The van der Waals surface area contributed by atoms with Crippen LogP contribution in [0.5, 0.6) is 11.5 Å². The molecular formula is C16H18N2O3. The zero-order valence-electron chi connectivity index (χ0n) is 12.0. The second-order valence-corrected chi connectivity index (χ2v) is 4.52. The maximum Gasteiger partial charge on any atom is 0.265 e. The molecule has 0 aliphatic rings. The molecule has 0 radical (unpaired) electrons. The molecule has 0 aliphatic heterocycles. The maximum atomic E-state index is 12.1. The van der Waals surface area contributed by atoms with E-state index >= 15 is 0 Å². The Bertz CT molecular complexity index is 611. The normalized spacial score (nSPS) is 11.5. The monoisotopic (exact) mass is 286 g/mol. The van der Waals surface area contributed by atoms with Crippen molar-refractivity contribution in [3.8, 4) is 11.5 Å². The Hall–Kier alpha value is -2.69. The van der Waals surface area contributed by atoms with Gasteiger partial charge in [0.25, 0.3) is 5.91 Å². The minimum Gasteiger partial charge on any atom is -0.493 e. The van der Waals surface area contributed by atoms with E-state index in [4.69, 9.17) is 15.2 Å². The highest BCUT2D eigenvalue weighted by Gasteiger charge is 2.16. The number of nitrogen functional groups attached to an aromatic ring is 1. The zero-order chi connectivity index (χ0) is 15.2. The number of para-hydroxylation sites is 2. The minimum atomic E-state index is -0.654. The molecule has 0 spiro atoms. The molecular weight excluding hydrogens is 268 g/mol. The molecule has 0 saturated carbocycles. The highest BCUT2D eigenvalue weighted by molar-refractivity contribution is 5.94. The van der Waals surface area contributed by atoms with Gasteiger partial charge in [-0.3, -0.25) is 4.79 Å². The quantitative estimate of drug-likeness (QED) is 0.829. The summed E-state index contributed by atoms with van der Waals surface area (Å²) in [7, 11) is 1.56. The molecule has 1 amide bonds. The molecule has 2 aromatic carbocycles. The molecule has 21 heavy (non-hydrogen) atoms. The molecule has 0 fully saturated rings. The summed E-state index contributed by atoms with van der Waals surface area (Å²) in [6.07, 6.45) is -0.654. The Labute approximate surface area is 123 Å². The van der Waals surface area contributed by atoms with Gasteiger partial charge >= 0.3 is 0 Å². The Morgan fingerprint density at radius 3 is 2.33 bits per heavy atom. The van der Waals surface area contributed by atoms with Crippen LogP contribution < -0.4 is 20.5 Å². The number of carbonyl (C=O) groups is 1. The van der Waals surface area contributed by atoms with Gasteiger partial charge in [-0.05, 0) is 43.3 Å². The van der Waals surface area contributed by atoms with Gasteiger partial charge in [0.2, 0.25) is 0 Å². The van der Waals surface area contributed by atoms with Gasteiger partial charge in [0.15, 0.2) is 17.6 Å². The number of nitrogens with two attached hydrogens (primary N) is 1. The number of ether oxygens (including phenoxy) is 2. The maximum absolute atomic E-state index is 12.1. The van der Waals surface area contributed by atoms with Crippen molar-refractivity contribution < 1.29 is 14.3 Å². The summed E-state index contributed by atoms with van der Waals surface area (Å²) < 4.78 is 10.8. The molecule has 110 valence electrons. The summed E-state index contributed by atoms with van der Waals surface area (Å²) in [6, 6.07) is 14.1. The average Bonchev–Trinajstić information content (AvgIpc) is 2.50. The van der Waals surface area contributed by atoms with Gasteiger partial charge < -0.3 is 20.5 Å². The number of carbonyl (C=O) groups excluding carboxylic acids is 1. The Morgan fingerprint density at radius 2 is 1.71 bits per heavy atom. The number of hydrogen-bond donors (Lipinski definition) is 2. The lowest BCUT2D eigenvalue weighted by molar-refractivity contribution is -0.122. The largest absolute Gasteiger partial charge is 0.493 e. The number of benzene rings is 2. The van der Waals surface area contributed by atoms with Crippen molar-refractivity contribution in [1.82, 2.24) is 0 Å². The van der Waals surface area contributed by atoms with Crippen molar-refractivity contribution in [2.75, 3.05) is 18.2 Å². The fourth-order valence-corrected chi connectivity index (χ4v) is 1.77. The molecule has 3 N–H and O–H groups in total. The first-order valence-electron chi connectivity index (χ1n) is 6.56. The van der Waals surface area contributed by atoms with Gasteiger partial charge in [-0.15, -0.1) is 0 Å². The number of methoxy groups -OCH3 is 1. The third-order valence-electron chi connectivity index (χ3n) is 2.92. The molecule has 0 saturated heterocycles. The van der Waals surface area contributed by atoms with E-state index in [9.17, 15) is 4.79 Å². The van der Waals surface area contributed by atoms with Crippen molar-refractivity contribution in [2.45, 2.75) is 13.0 Å². The lowest BCUT2D eigenvalue weighted by Gasteiger charge is -2.16. The minimum absolute atomic E-state index is 0.245. The molecule has 2 aromatic rings. The van der Waals surface area contributed by atoms with Crippen molar-refractivity contribution >= 4 is 17.3 Å². The topological polar surface area (TPSA) is 73.6 Å². The first-order chi connectivity index (χ1) is 10.1. The summed E-state index contributed by atoms with van der Waals surface area (Å²) in [5.74, 6) is 0.871. The number of hydrogen-bond acceptors (Lipinski definition) is 4.